The molecule has 0 spiro atoms. The van der Waals surface area contributed by atoms with Crippen molar-refractivity contribution in [1.82, 2.24) is 9.97 Å². The lowest BCUT2D eigenvalue weighted by Gasteiger charge is -2.09. The second-order valence-electron chi connectivity index (χ2n) is 3.60. The smallest absolute Gasteiger partial charge is 0.259 e. The van der Waals surface area contributed by atoms with Crippen molar-refractivity contribution in [2.24, 2.45) is 0 Å². The minimum atomic E-state index is -0.397. The van der Waals surface area contributed by atoms with Crippen LogP contribution in [0.3, 0.4) is 0 Å². The predicted molar refractivity (Wildman–Crippen MR) is 72.4 cm³/mol. The maximum atomic E-state index is 12.1. The minimum Gasteiger partial charge on any atom is -0.495 e. The lowest BCUT2D eigenvalue weighted by molar-refractivity contribution is 0.102. The minimum absolute atomic E-state index is 0.240. The molecule has 0 saturated carbocycles. The molecule has 0 unspecified atom stereocenters. The lowest BCUT2D eigenvalue weighted by atomic mass is 10.1. The van der Waals surface area contributed by atoms with E-state index in [0.717, 1.165) is 0 Å². The highest BCUT2D eigenvalue weighted by Gasteiger charge is 2.13. The number of hydrogen-bond acceptors (Lipinski definition) is 5. The van der Waals surface area contributed by atoms with Crippen LogP contribution >= 0.6 is 11.6 Å². The molecule has 19 heavy (non-hydrogen) atoms. The zero-order valence-corrected chi connectivity index (χ0v) is 10.8. The summed E-state index contributed by atoms with van der Waals surface area (Å²) in [4.78, 5) is 19.7. The molecule has 6 nitrogen and oxygen atoms in total. The number of hydrogen-bond donors (Lipinski definition) is 2. The Balaban J connectivity index is 2.25. The van der Waals surface area contributed by atoms with E-state index in [4.69, 9.17) is 22.1 Å². The average Bonchev–Trinajstić information content (AvgIpc) is 2.39. The number of anilines is 2. The standard InChI is InChI=1S/C12H11ClN4O2/c1-19-8-4-2-3-7(11(8)14)12(18)17-10-5-9(13)15-6-16-10/h2-6H,14H2,1H3,(H,15,16,17,18). The Bertz CT molecular complexity index is 618. The number of nitrogens with two attached hydrogens (primary N) is 1. The molecule has 0 bridgehead atoms. The summed E-state index contributed by atoms with van der Waals surface area (Å²) in [6.45, 7) is 0. The zero-order valence-electron chi connectivity index (χ0n) is 10.1. The van der Waals surface area contributed by atoms with Gasteiger partial charge in [-0.15, -0.1) is 0 Å². The van der Waals surface area contributed by atoms with Gasteiger partial charge in [0.05, 0.1) is 18.4 Å². The molecule has 0 fully saturated rings. The maximum absolute atomic E-state index is 12.1. The van der Waals surface area contributed by atoms with Crippen LogP contribution in [0.5, 0.6) is 5.75 Å². The van der Waals surface area contributed by atoms with E-state index in [1.807, 2.05) is 0 Å². The number of nitrogens with zero attached hydrogens (tertiary/aromatic N) is 2. The van der Waals surface area contributed by atoms with E-state index in [1.54, 1.807) is 18.2 Å². The fraction of sp³-hybridized carbons (Fsp3) is 0.0833. The Morgan fingerprint density at radius 1 is 1.42 bits per heavy atom. The molecule has 1 amide bonds. The van der Waals surface area contributed by atoms with E-state index >= 15 is 0 Å². The Morgan fingerprint density at radius 2 is 2.21 bits per heavy atom. The topological polar surface area (TPSA) is 90.1 Å². The van der Waals surface area contributed by atoms with Crippen LogP contribution in [0, 0.1) is 0 Å². The van der Waals surface area contributed by atoms with E-state index < -0.39 is 5.91 Å². The molecule has 3 N–H and O–H groups in total. The number of ether oxygens (including phenoxy) is 1. The zero-order chi connectivity index (χ0) is 13.8. The van der Waals surface area contributed by atoms with Gasteiger partial charge in [0.25, 0.3) is 5.91 Å². The first-order valence-electron chi connectivity index (χ1n) is 5.33. The van der Waals surface area contributed by atoms with Crippen molar-refractivity contribution in [2.45, 2.75) is 0 Å². The number of nitrogen functional groups attached to an aromatic ring is 1. The summed E-state index contributed by atoms with van der Waals surface area (Å²) < 4.78 is 5.05. The van der Waals surface area contributed by atoms with Crippen LogP contribution in [-0.4, -0.2) is 23.0 Å². The van der Waals surface area contributed by atoms with E-state index in [-0.39, 0.29) is 10.8 Å². The van der Waals surface area contributed by atoms with Crippen LogP contribution < -0.4 is 15.8 Å². The number of halogens is 1. The van der Waals surface area contributed by atoms with Crippen LogP contribution in [0.4, 0.5) is 11.5 Å². The van der Waals surface area contributed by atoms with Crippen molar-refractivity contribution in [2.75, 3.05) is 18.2 Å². The van der Waals surface area contributed by atoms with Gasteiger partial charge < -0.3 is 15.8 Å². The van der Waals surface area contributed by atoms with Crippen molar-refractivity contribution in [3.63, 3.8) is 0 Å². The number of carbonyl (C=O) groups excluding carboxylic acids is 1. The van der Waals surface area contributed by atoms with Gasteiger partial charge in [-0.25, -0.2) is 9.97 Å². The van der Waals surface area contributed by atoms with Gasteiger partial charge in [-0.1, -0.05) is 17.7 Å². The van der Waals surface area contributed by atoms with Crippen LogP contribution in [0.1, 0.15) is 10.4 Å². The Labute approximate surface area is 114 Å². The van der Waals surface area contributed by atoms with Crippen molar-refractivity contribution in [1.29, 1.82) is 0 Å². The molecule has 0 atom stereocenters. The van der Waals surface area contributed by atoms with E-state index in [0.29, 0.717) is 17.1 Å². The number of benzene rings is 1. The molecule has 98 valence electrons. The number of methoxy groups -OCH3 is 1. The van der Waals surface area contributed by atoms with Crippen molar-refractivity contribution >= 4 is 29.0 Å². The highest BCUT2D eigenvalue weighted by molar-refractivity contribution is 6.29. The Kier molecular flexibility index (Phi) is 3.82. The third-order valence-corrected chi connectivity index (χ3v) is 2.61. The van der Waals surface area contributed by atoms with Gasteiger partial charge in [0.15, 0.2) is 0 Å². The van der Waals surface area contributed by atoms with Crippen molar-refractivity contribution in [3.8, 4) is 5.75 Å². The first-order chi connectivity index (χ1) is 9.11. The van der Waals surface area contributed by atoms with Crippen LogP contribution in [-0.2, 0) is 0 Å². The number of carbonyl (C=O) groups is 1. The average molecular weight is 279 g/mol. The largest absolute Gasteiger partial charge is 0.495 e. The fourth-order valence-electron chi connectivity index (χ4n) is 1.51. The molecular weight excluding hydrogens is 268 g/mol. The van der Waals surface area contributed by atoms with Gasteiger partial charge in [-0.2, -0.15) is 0 Å². The highest BCUT2D eigenvalue weighted by Crippen LogP contribution is 2.25. The molecule has 0 saturated heterocycles. The number of para-hydroxylation sites is 1. The first kappa shape index (κ1) is 13.1. The Morgan fingerprint density at radius 3 is 2.89 bits per heavy atom. The summed E-state index contributed by atoms with van der Waals surface area (Å²) >= 11 is 5.71. The summed E-state index contributed by atoms with van der Waals surface area (Å²) in [7, 11) is 1.48. The van der Waals surface area contributed by atoms with E-state index in [9.17, 15) is 4.79 Å². The first-order valence-corrected chi connectivity index (χ1v) is 5.71. The van der Waals surface area contributed by atoms with Gasteiger partial charge in [-0.05, 0) is 12.1 Å². The number of amides is 1. The molecule has 0 aliphatic carbocycles. The molecular formula is C12H11ClN4O2. The number of nitrogens with one attached hydrogen (secondary N) is 1. The van der Waals surface area contributed by atoms with Crippen LogP contribution in [0.2, 0.25) is 5.15 Å². The van der Waals surface area contributed by atoms with Gasteiger partial charge in [0.1, 0.15) is 23.0 Å². The summed E-state index contributed by atoms with van der Waals surface area (Å²) in [5, 5.41) is 2.82. The van der Waals surface area contributed by atoms with Crippen molar-refractivity contribution in [3.05, 3.63) is 41.3 Å². The molecule has 0 aliphatic rings. The van der Waals surface area contributed by atoms with Gasteiger partial charge in [0, 0.05) is 6.07 Å². The molecule has 1 heterocycles. The SMILES string of the molecule is COc1cccc(C(=O)Nc2cc(Cl)ncn2)c1N. The quantitative estimate of drug-likeness (QED) is 0.662. The second-order valence-corrected chi connectivity index (χ2v) is 3.99. The fourth-order valence-corrected chi connectivity index (χ4v) is 1.65. The predicted octanol–water partition coefficient (Wildman–Crippen LogP) is 1.97. The van der Waals surface area contributed by atoms with Crippen LogP contribution in [0.15, 0.2) is 30.6 Å². The molecule has 7 heteroatoms. The molecule has 1 aromatic carbocycles. The second kappa shape index (κ2) is 5.53. The third kappa shape index (κ3) is 2.92. The van der Waals surface area contributed by atoms with Crippen LogP contribution in [0.25, 0.3) is 0 Å². The van der Waals surface area contributed by atoms with E-state index in [2.05, 4.69) is 15.3 Å². The monoisotopic (exact) mass is 278 g/mol. The van der Waals surface area contributed by atoms with Gasteiger partial charge in [0.2, 0.25) is 0 Å². The molecule has 1 aromatic heterocycles. The highest BCUT2D eigenvalue weighted by atomic mass is 35.5. The normalized spacial score (nSPS) is 10.0. The van der Waals surface area contributed by atoms with E-state index in [1.165, 1.54) is 19.5 Å². The molecule has 2 aromatic rings. The number of aromatic nitrogens is 2. The van der Waals surface area contributed by atoms with Gasteiger partial charge in [-0.3, -0.25) is 4.79 Å². The molecule has 0 aliphatic heterocycles. The lowest BCUT2D eigenvalue weighted by Crippen LogP contribution is -2.15. The summed E-state index contributed by atoms with van der Waals surface area (Å²) in [5.41, 5.74) is 6.40. The maximum Gasteiger partial charge on any atom is 0.259 e. The van der Waals surface area contributed by atoms with Gasteiger partial charge >= 0.3 is 0 Å². The summed E-state index contributed by atoms with van der Waals surface area (Å²) in [6.07, 6.45) is 1.26. The molecule has 2 rings (SSSR count). The molecule has 0 radical (unpaired) electrons. The Hall–Kier alpha value is -2.34. The third-order valence-electron chi connectivity index (χ3n) is 2.41. The summed E-state index contributed by atoms with van der Waals surface area (Å²) in [6, 6.07) is 6.39. The number of rotatable bonds is 3. The van der Waals surface area contributed by atoms with Crippen molar-refractivity contribution < 1.29 is 9.53 Å². The summed E-state index contributed by atoms with van der Waals surface area (Å²) in [5.74, 6) is 0.340.